The third-order valence-corrected chi connectivity index (χ3v) is 6.36. The molecule has 36 heavy (non-hydrogen) atoms. The van der Waals surface area contributed by atoms with E-state index in [4.69, 9.17) is 15.2 Å². The molecule has 10 heteroatoms. The molecule has 0 bridgehead atoms. The van der Waals surface area contributed by atoms with Gasteiger partial charge in [0, 0.05) is 24.7 Å². The molecular weight excluding hydrogens is 473 g/mol. The van der Waals surface area contributed by atoms with Crippen LogP contribution in [0.1, 0.15) is 53.2 Å². The number of aromatic nitrogens is 2. The third-order valence-electron chi connectivity index (χ3n) is 6.36. The van der Waals surface area contributed by atoms with Crippen molar-refractivity contribution in [1.29, 1.82) is 0 Å². The summed E-state index contributed by atoms with van der Waals surface area (Å²) >= 11 is 0. The van der Waals surface area contributed by atoms with Crippen molar-refractivity contribution < 1.29 is 27.4 Å². The van der Waals surface area contributed by atoms with Gasteiger partial charge >= 0.3 is 6.18 Å². The standard InChI is InChI=1S/C26H25F3N4O3/c27-26(28,29)23-9-10-24(32-31-23)36-20-4-1-16(2-5-20)17-11-13-33(14-12-17)25(34)18-3-8-22(21(30)15-18)35-19-6-7-19/h1-5,8-10,15,17,19H,6-7,11-14,30H2. The second-order valence-electron chi connectivity index (χ2n) is 9.06. The number of ether oxygens (including phenoxy) is 2. The van der Waals surface area contributed by atoms with Crippen LogP contribution in [0.2, 0.25) is 0 Å². The number of likely N-dealkylation sites (tertiary alicyclic amines) is 1. The van der Waals surface area contributed by atoms with Crippen molar-refractivity contribution in [2.24, 2.45) is 0 Å². The Balaban J connectivity index is 1.15. The molecule has 1 aromatic heterocycles. The van der Waals surface area contributed by atoms with Gasteiger partial charge in [-0.05, 0) is 73.6 Å². The van der Waals surface area contributed by atoms with Crippen molar-refractivity contribution in [1.82, 2.24) is 15.1 Å². The van der Waals surface area contributed by atoms with E-state index in [1.807, 2.05) is 17.0 Å². The van der Waals surface area contributed by atoms with E-state index in [0.717, 1.165) is 43.4 Å². The van der Waals surface area contributed by atoms with Crippen LogP contribution in [-0.4, -0.2) is 40.2 Å². The van der Waals surface area contributed by atoms with Crippen LogP contribution in [0.15, 0.2) is 54.6 Å². The Morgan fingerprint density at radius 2 is 1.67 bits per heavy atom. The number of nitrogens with two attached hydrogens (primary N) is 1. The predicted octanol–water partition coefficient (Wildman–Crippen LogP) is 5.43. The number of piperidine rings is 1. The Bertz CT molecular complexity index is 1220. The summed E-state index contributed by atoms with van der Waals surface area (Å²) in [6.07, 6.45) is -0.594. The first-order valence-electron chi connectivity index (χ1n) is 11.8. The van der Waals surface area contributed by atoms with Crippen molar-refractivity contribution in [2.75, 3.05) is 18.8 Å². The van der Waals surface area contributed by atoms with Gasteiger partial charge in [0.05, 0.1) is 11.8 Å². The molecule has 0 atom stereocenters. The van der Waals surface area contributed by atoms with Gasteiger partial charge in [-0.2, -0.15) is 13.2 Å². The average Bonchev–Trinajstić information content (AvgIpc) is 3.69. The second kappa shape index (κ2) is 9.67. The van der Waals surface area contributed by atoms with E-state index in [-0.39, 0.29) is 23.8 Å². The molecule has 2 N–H and O–H groups in total. The molecule has 1 saturated carbocycles. The first kappa shape index (κ1) is 23.9. The fraction of sp³-hybridized carbons (Fsp3) is 0.346. The predicted molar refractivity (Wildman–Crippen MR) is 126 cm³/mol. The summed E-state index contributed by atoms with van der Waals surface area (Å²) in [5.41, 5.74) is 7.16. The number of halogens is 3. The SMILES string of the molecule is Nc1cc(C(=O)N2CCC(c3ccc(Oc4ccc(C(F)(F)F)nn4)cc3)CC2)ccc1OC1CC1. The van der Waals surface area contributed by atoms with Crippen molar-refractivity contribution in [3.05, 3.63) is 71.4 Å². The monoisotopic (exact) mass is 498 g/mol. The highest BCUT2D eigenvalue weighted by molar-refractivity contribution is 5.95. The zero-order chi connectivity index (χ0) is 25.3. The Hall–Kier alpha value is -3.82. The van der Waals surface area contributed by atoms with Gasteiger partial charge in [0.15, 0.2) is 5.69 Å². The molecule has 0 radical (unpaired) electrons. The van der Waals surface area contributed by atoms with E-state index in [0.29, 0.717) is 35.8 Å². The number of rotatable bonds is 6. The van der Waals surface area contributed by atoms with E-state index >= 15 is 0 Å². The van der Waals surface area contributed by atoms with Gasteiger partial charge in [0.25, 0.3) is 5.91 Å². The summed E-state index contributed by atoms with van der Waals surface area (Å²) in [6.45, 7) is 1.26. The average molecular weight is 499 g/mol. The Labute approximate surface area is 206 Å². The summed E-state index contributed by atoms with van der Waals surface area (Å²) in [7, 11) is 0. The Morgan fingerprint density at radius 3 is 2.25 bits per heavy atom. The van der Waals surface area contributed by atoms with Crippen LogP contribution in [0.5, 0.6) is 17.4 Å². The molecule has 5 rings (SSSR count). The van der Waals surface area contributed by atoms with E-state index in [9.17, 15) is 18.0 Å². The van der Waals surface area contributed by atoms with Crippen molar-refractivity contribution in [3.8, 4) is 17.4 Å². The lowest BCUT2D eigenvalue weighted by Gasteiger charge is -2.32. The van der Waals surface area contributed by atoms with Crippen molar-refractivity contribution >= 4 is 11.6 Å². The number of carbonyl (C=O) groups is 1. The lowest BCUT2D eigenvalue weighted by Crippen LogP contribution is -2.37. The molecule has 2 fully saturated rings. The zero-order valence-electron chi connectivity index (χ0n) is 19.4. The van der Waals surface area contributed by atoms with Gasteiger partial charge in [0.2, 0.25) is 5.88 Å². The van der Waals surface area contributed by atoms with E-state index in [1.54, 1.807) is 30.3 Å². The highest BCUT2D eigenvalue weighted by Gasteiger charge is 2.33. The van der Waals surface area contributed by atoms with Crippen LogP contribution in [0, 0.1) is 0 Å². The fourth-order valence-electron chi connectivity index (χ4n) is 4.21. The van der Waals surface area contributed by atoms with Crippen LogP contribution in [-0.2, 0) is 6.18 Å². The molecule has 0 unspecified atom stereocenters. The van der Waals surface area contributed by atoms with E-state index in [1.165, 1.54) is 0 Å². The minimum absolute atomic E-state index is 0.0182. The number of amides is 1. The minimum Gasteiger partial charge on any atom is -0.488 e. The Morgan fingerprint density at radius 1 is 0.944 bits per heavy atom. The lowest BCUT2D eigenvalue weighted by atomic mass is 9.89. The first-order valence-corrected chi connectivity index (χ1v) is 11.8. The van der Waals surface area contributed by atoms with Gasteiger partial charge in [0.1, 0.15) is 11.5 Å². The molecule has 2 aromatic carbocycles. The highest BCUT2D eigenvalue weighted by atomic mass is 19.4. The first-order chi connectivity index (χ1) is 17.3. The van der Waals surface area contributed by atoms with E-state index in [2.05, 4.69) is 10.2 Å². The molecule has 3 aromatic rings. The maximum Gasteiger partial charge on any atom is 0.435 e. The number of benzene rings is 2. The van der Waals surface area contributed by atoms with Gasteiger partial charge in [-0.3, -0.25) is 4.79 Å². The molecule has 2 heterocycles. The second-order valence-corrected chi connectivity index (χ2v) is 9.06. The summed E-state index contributed by atoms with van der Waals surface area (Å²) in [5, 5.41) is 6.64. The van der Waals surface area contributed by atoms with Crippen LogP contribution in [0.4, 0.5) is 18.9 Å². The number of alkyl halides is 3. The highest BCUT2D eigenvalue weighted by Crippen LogP contribution is 2.33. The van der Waals surface area contributed by atoms with Crippen LogP contribution in [0.3, 0.4) is 0 Å². The number of hydrogen-bond donors (Lipinski definition) is 1. The summed E-state index contributed by atoms with van der Waals surface area (Å²) in [4.78, 5) is 14.8. The summed E-state index contributed by atoms with van der Waals surface area (Å²) in [5.74, 6) is 1.31. The molecule has 7 nitrogen and oxygen atoms in total. The molecule has 2 aliphatic rings. The molecule has 188 valence electrons. The molecular formula is C26H25F3N4O3. The van der Waals surface area contributed by atoms with Gasteiger partial charge in [-0.25, -0.2) is 0 Å². The summed E-state index contributed by atoms with van der Waals surface area (Å²) < 4.78 is 49.1. The third kappa shape index (κ3) is 5.53. The van der Waals surface area contributed by atoms with E-state index < -0.39 is 11.9 Å². The normalized spacial score (nSPS) is 16.6. The number of hydrogen-bond acceptors (Lipinski definition) is 6. The topological polar surface area (TPSA) is 90.6 Å². The Kier molecular flexibility index (Phi) is 6.42. The van der Waals surface area contributed by atoms with Gasteiger partial charge in [-0.1, -0.05) is 12.1 Å². The largest absolute Gasteiger partial charge is 0.488 e. The smallest absolute Gasteiger partial charge is 0.435 e. The van der Waals surface area contributed by atoms with Crippen LogP contribution >= 0.6 is 0 Å². The number of nitrogen functional groups attached to an aromatic ring is 1. The molecule has 1 saturated heterocycles. The molecule has 1 aliphatic heterocycles. The molecule has 0 spiro atoms. The molecule has 1 amide bonds. The number of nitrogens with zero attached hydrogens (tertiary/aromatic N) is 3. The van der Waals surface area contributed by atoms with Crippen molar-refractivity contribution in [3.63, 3.8) is 0 Å². The fourth-order valence-corrected chi connectivity index (χ4v) is 4.21. The van der Waals surface area contributed by atoms with Crippen LogP contribution in [0.25, 0.3) is 0 Å². The lowest BCUT2D eigenvalue weighted by molar-refractivity contribution is -0.141. The maximum atomic E-state index is 13.0. The quantitative estimate of drug-likeness (QED) is 0.456. The minimum atomic E-state index is -4.55. The van der Waals surface area contributed by atoms with Crippen molar-refractivity contribution in [2.45, 2.75) is 43.9 Å². The number of carbonyl (C=O) groups excluding carboxylic acids is 1. The maximum absolute atomic E-state index is 13.0. The summed E-state index contributed by atoms with van der Waals surface area (Å²) in [6, 6.07) is 14.5. The van der Waals surface area contributed by atoms with Gasteiger partial charge in [-0.15, -0.1) is 10.2 Å². The van der Waals surface area contributed by atoms with Crippen LogP contribution < -0.4 is 15.2 Å². The van der Waals surface area contributed by atoms with Gasteiger partial charge < -0.3 is 20.1 Å². The molecule has 1 aliphatic carbocycles. The number of anilines is 1. The zero-order valence-corrected chi connectivity index (χ0v) is 19.4.